The fourth-order valence-electron chi connectivity index (χ4n) is 2.08. The van der Waals surface area contributed by atoms with Crippen LogP contribution in [0.25, 0.3) is 5.69 Å². The molecular weight excluding hydrogens is 222 g/mol. The minimum Gasteiger partial charge on any atom is -0.378 e. The molecule has 1 unspecified atom stereocenters. The van der Waals surface area contributed by atoms with Gasteiger partial charge in [0.25, 0.3) is 0 Å². The third-order valence-electron chi connectivity index (χ3n) is 3.01. The number of rotatable bonds is 4. The summed E-state index contributed by atoms with van der Waals surface area (Å²) < 4.78 is 2.20. The molecule has 0 bridgehead atoms. The first-order chi connectivity index (χ1) is 8.58. The lowest BCUT2D eigenvalue weighted by Crippen LogP contribution is -2.19. The van der Waals surface area contributed by atoms with Crippen LogP contribution < -0.4 is 10.6 Å². The molecule has 2 N–H and O–H groups in total. The largest absolute Gasteiger partial charge is 0.378 e. The van der Waals surface area contributed by atoms with Crippen molar-refractivity contribution in [3.63, 3.8) is 0 Å². The Morgan fingerprint density at radius 1 is 1.17 bits per heavy atom. The summed E-state index contributed by atoms with van der Waals surface area (Å²) in [5.41, 5.74) is 9.52. The Labute approximate surface area is 109 Å². The van der Waals surface area contributed by atoms with E-state index in [0.717, 1.165) is 6.42 Å². The van der Waals surface area contributed by atoms with E-state index in [4.69, 9.17) is 5.73 Å². The molecule has 1 atom stereocenters. The normalized spacial score (nSPS) is 12.4. The number of anilines is 1. The van der Waals surface area contributed by atoms with Gasteiger partial charge in [0.15, 0.2) is 0 Å². The van der Waals surface area contributed by atoms with Gasteiger partial charge >= 0.3 is 0 Å². The Bertz CT molecular complexity index is 495. The van der Waals surface area contributed by atoms with Crippen LogP contribution in [-0.4, -0.2) is 24.7 Å². The molecule has 0 saturated carbocycles. The van der Waals surface area contributed by atoms with Gasteiger partial charge in [0.2, 0.25) is 0 Å². The van der Waals surface area contributed by atoms with Crippen molar-refractivity contribution < 1.29 is 0 Å². The lowest BCUT2D eigenvalue weighted by atomic mass is 10.2. The molecule has 1 aromatic carbocycles. The van der Waals surface area contributed by atoms with Crippen LogP contribution in [0, 0.1) is 0 Å². The van der Waals surface area contributed by atoms with Gasteiger partial charge in [0, 0.05) is 49.8 Å². The summed E-state index contributed by atoms with van der Waals surface area (Å²) in [6.07, 6.45) is 2.98. The van der Waals surface area contributed by atoms with Gasteiger partial charge in [-0.15, -0.1) is 0 Å². The predicted octanol–water partition coefficient (Wildman–Crippen LogP) is 2.43. The van der Waals surface area contributed by atoms with E-state index < -0.39 is 0 Å². The van der Waals surface area contributed by atoms with Crippen LogP contribution in [0.2, 0.25) is 0 Å². The maximum absolute atomic E-state index is 5.87. The summed E-state index contributed by atoms with van der Waals surface area (Å²) in [4.78, 5) is 2.10. The van der Waals surface area contributed by atoms with Crippen molar-refractivity contribution in [2.75, 3.05) is 19.0 Å². The fourth-order valence-corrected chi connectivity index (χ4v) is 2.08. The second kappa shape index (κ2) is 5.27. The molecule has 3 nitrogen and oxygen atoms in total. The van der Waals surface area contributed by atoms with Crippen molar-refractivity contribution in [3.8, 4) is 5.69 Å². The zero-order valence-corrected chi connectivity index (χ0v) is 11.3. The average molecular weight is 243 g/mol. The first-order valence-electron chi connectivity index (χ1n) is 6.27. The molecule has 2 rings (SSSR count). The third-order valence-corrected chi connectivity index (χ3v) is 3.01. The Balaban J connectivity index is 2.28. The van der Waals surface area contributed by atoms with E-state index in [9.17, 15) is 0 Å². The highest BCUT2D eigenvalue weighted by molar-refractivity contribution is 5.50. The average Bonchev–Trinajstić information content (AvgIpc) is 2.76. The summed E-state index contributed by atoms with van der Waals surface area (Å²) in [7, 11) is 4.10. The van der Waals surface area contributed by atoms with Crippen molar-refractivity contribution in [2.45, 2.75) is 19.4 Å². The molecule has 0 aliphatic heterocycles. The summed E-state index contributed by atoms with van der Waals surface area (Å²) >= 11 is 0. The first-order valence-corrected chi connectivity index (χ1v) is 6.27. The molecule has 3 heteroatoms. The highest BCUT2D eigenvalue weighted by atomic mass is 15.1. The van der Waals surface area contributed by atoms with Gasteiger partial charge in [0.05, 0.1) is 0 Å². The quantitative estimate of drug-likeness (QED) is 0.895. The number of hydrogen-bond acceptors (Lipinski definition) is 2. The molecule has 0 radical (unpaired) electrons. The molecule has 18 heavy (non-hydrogen) atoms. The lowest BCUT2D eigenvalue weighted by molar-refractivity contribution is 0.709. The van der Waals surface area contributed by atoms with Crippen molar-refractivity contribution in [3.05, 3.63) is 48.3 Å². The Morgan fingerprint density at radius 2 is 1.83 bits per heavy atom. The molecule has 1 aromatic heterocycles. The highest BCUT2D eigenvalue weighted by Gasteiger charge is 2.05. The number of nitrogens with zero attached hydrogens (tertiary/aromatic N) is 2. The van der Waals surface area contributed by atoms with E-state index in [1.165, 1.54) is 17.1 Å². The molecule has 0 fully saturated rings. The second-order valence-electron chi connectivity index (χ2n) is 4.96. The Morgan fingerprint density at radius 3 is 2.39 bits per heavy atom. The lowest BCUT2D eigenvalue weighted by Gasteiger charge is -2.15. The van der Waals surface area contributed by atoms with Gasteiger partial charge in [-0.25, -0.2) is 0 Å². The van der Waals surface area contributed by atoms with E-state index in [1.807, 2.05) is 21.0 Å². The Kier molecular flexibility index (Phi) is 3.72. The van der Waals surface area contributed by atoms with E-state index in [1.54, 1.807) is 0 Å². The minimum atomic E-state index is 0.180. The molecular formula is C15H21N3. The number of nitrogens with two attached hydrogens (primary N) is 1. The zero-order chi connectivity index (χ0) is 13.1. The molecule has 0 aliphatic rings. The standard InChI is InChI=1S/C15H21N3/c1-12(16)11-15-5-4-10-18(15)14-8-6-13(7-9-14)17(2)3/h4-10,12H,11,16H2,1-3H3. The van der Waals surface area contributed by atoms with Crippen LogP contribution in [0.5, 0.6) is 0 Å². The number of aromatic nitrogens is 1. The van der Waals surface area contributed by atoms with E-state index >= 15 is 0 Å². The molecule has 2 aromatic rings. The zero-order valence-electron chi connectivity index (χ0n) is 11.3. The van der Waals surface area contributed by atoms with Crippen LogP contribution in [0.3, 0.4) is 0 Å². The smallest absolute Gasteiger partial charge is 0.0453 e. The van der Waals surface area contributed by atoms with Crippen LogP contribution >= 0.6 is 0 Å². The van der Waals surface area contributed by atoms with Gasteiger partial charge in [-0.3, -0.25) is 0 Å². The molecule has 0 amide bonds. The molecule has 96 valence electrons. The van der Waals surface area contributed by atoms with Gasteiger partial charge in [-0.05, 0) is 43.3 Å². The third kappa shape index (κ3) is 2.74. The van der Waals surface area contributed by atoms with E-state index in [0.29, 0.717) is 0 Å². The highest BCUT2D eigenvalue weighted by Crippen LogP contribution is 2.18. The molecule has 0 spiro atoms. The van der Waals surface area contributed by atoms with Crippen LogP contribution in [-0.2, 0) is 6.42 Å². The number of benzene rings is 1. The van der Waals surface area contributed by atoms with E-state index in [2.05, 4.69) is 52.1 Å². The van der Waals surface area contributed by atoms with Crippen molar-refractivity contribution in [1.29, 1.82) is 0 Å². The summed E-state index contributed by atoms with van der Waals surface area (Å²) in [5.74, 6) is 0. The van der Waals surface area contributed by atoms with Crippen molar-refractivity contribution in [2.24, 2.45) is 5.73 Å². The van der Waals surface area contributed by atoms with Crippen LogP contribution in [0.1, 0.15) is 12.6 Å². The predicted molar refractivity (Wildman–Crippen MR) is 77.4 cm³/mol. The second-order valence-corrected chi connectivity index (χ2v) is 4.96. The minimum absolute atomic E-state index is 0.180. The van der Waals surface area contributed by atoms with E-state index in [-0.39, 0.29) is 6.04 Å². The number of hydrogen-bond donors (Lipinski definition) is 1. The summed E-state index contributed by atoms with van der Waals surface area (Å²) in [6.45, 7) is 2.03. The first kappa shape index (κ1) is 12.7. The van der Waals surface area contributed by atoms with Gasteiger partial charge < -0.3 is 15.2 Å². The summed E-state index contributed by atoms with van der Waals surface area (Å²) in [6, 6.07) is 12.9. The molecule has 0 saturated heterocycles. The monoisotopic (exact) mass is 243 g/mol. The SMILES string of the molecule is CC(N)Cc1cccn1-c1ccc(N(C)C)cc1. The molecule has 1 heterocycles. The topological polar surface area (TPSA) is 34.2 Å². The maximum Gasteiger partial charge on any atom is 0.0453 e. The van der Waals surface area contributed by atoms with Gasteiger partial charge in [-0.2, -0.15) is 0 Å². The fraction of sp³-hybridized carbons (Fsp3) is 0.333. The van der Waals surface area contributed by atoms with Crippen LogP contribution in [0.4, 0.5) is 5.69 Å². The van der Waals surface area contributed by atoms with Crippen molar-refractivity contribution >= 4 is 5.69 Å². The maximum atomic E-state index is 5.87. The van der Waals surface area contributed by atoms with Crippen LogP contribution in [0.15, 0.2) is 42.6 Å². The van der Waals surface area contributed by atoms with Gasteiger partial charge in [0.1, 0.15) is 0 Å². The van der Waals surface area contributed by atoms with Crippen molar-refractivity contribution in [1.82, 2.24) is 4.57 Å². The van der Waals surface area contributed by atoms with Gasteiger partial charge in [-0.1, -0.05) is 0 Å². The molecule has 0 aliphatic carbocycles. The summed E-state index contributed by atoms with van der Waals surface area (Å²) in [5, 5.41) is 0. The Hall–Kier alpha value is -1.74.